The molecule has 1 aliphatic rings. The van der Waals surface area contributed by atoms with Crippen LogP contribution in [0.1, 0.15) is 34.7 Å². The normalized spacial score (nSPS) is 15.7. The highest BCUT2D eigenvalue weighted by Crippen LogP contribution is 2.30. The SMILES string of the molecule is O=C(NC1CCN(Cc2nc(-c3ccc(C(F)(F)F)cc3)no2)CC1)c1ccccc1. The summed E-state index contributed by atoms with van der Waals surface area (Å²) in [6.07, 6.45) is -2.77. The monoisotopic (exact) mass is 430 g/mol. The Kier molecular flexibility index (Phi) is 6.03. The molecule has 4 rings (SSSR count). The highest BCUT2D eigenvalue weighted by molar-refractivity contribution is 5.94. The largest absolute Gasteiger partial charge is 0.416 e. The maximum Gasteiger partial charge on any atom is 0.416 e. The smallest absolute Gasteiger partial charge is 0.349 e. The zero-order valence-corrected chi connectivity index (χ0v) is 16.6. The first-order valence-corrected chi connectivity index (χ1v) is 9.97. The molecule has 0 atom stereocenters. The summed E-state index contributed by atoms with van der Waals surface area (Å²) in [6, 6.07) is 13.9. The quantitative estimate of drug-likeness (QED) is 0.659. The number of aromatic nitrogens is 2. The van der Waals surface area contributed by atoms with E-state index in [1.807, 2.05) is 18.2 Å². The Morgan fingerprint density at radius 3 is 2.39 bits per heavy atom. The van der Waals surface area contributed by atoms with Crippen LogP contribution in [0.2, 0.25) is 0 Å². The first-order chi connectivity index (χ1) is 14.9. The Labute approximate surface area is 177 Å². The molecule has 2 aromatic carbocycles. The molecule has 1 amide bonds. The second-order valence-corrected chi connectivity index (χ2v) is 7.48. The van der Waals surface area contributed by atoms with Crippen molar-refractivity contribution in [3.8, 4) is 11.4 Å². The fourth-order valence-corrected chi connectivity index (χ4v) is 3.53. The van der Waals surface area contributed by atoms with Crippen LogP contribution >= 0.6 is 0 Å². The molecule has 1 aromatic heterocycles. The minimum atomic E-state index is -4.38. The average molecular weight is 430 g/mol. The van der Waals surface area contributed by atoms with Gasteiger partial charge >= 0.3 is 6.18 Å². The van der Waals surface area contributed by atoms with Crippen molar-refractivity contribution in [1.82, 2.24) is 20.4 Å². The van der Waals surface area contributed by atoms with Crippen LogP contribution in [0.5, 0.6) is 0 Å². The molecule has 1 saturated heterocycles. The van der Waals surface area contributed by atoms with Gasteiger partial charge < -0.3 is 9.84 Å². The molecule has 3 aromatic rings. The summed E-state index contributed by atoms with van der Waals surface area (Å²) < 4.78 is 43.3. The number of hydrogen-bond donors (Lipinski definition) is 1. The van der Waals surface area contributed by atoms with Gasteiger partial charge in [0.05, 0.1) is 12.1 Å². The standard InChI is InChI=1S/C22H21F3N4O2/c23-22(24,25)17-8-6-15(7-9-17)20-27-19(31-28-20)14-29-12-10-18(11-13-29)26-21(30)16-4-2-1-3-5-16/h1-9,18H,10-14H2,(H,26,30). The van der Waals surface area contributed by atoms with Gasteiger partial charge in [-0.3, -0.25) is 9.69 Å². The van der Waals surface area contributed by atoms with Gasteiger partial charge in [-0.05, 0) is 37.1 Å². The molecule has 1 aliphatic heterocycles. The molecule has 0 radical (unpaired) electrons. The number of benzene rings is 2. The zero-order chi connectivity index (χ0) is 21.8. The van der Waals surface area contributed by atoms with E-state index >= 15 is 0 Å². The molecule has 0 aliphatic carbocycles. The maximum absolute atomic E-state index is 12.7. The van der Waals surface area contributed by atoms with Gasteiger partial charge in [0.1, 0.15) is 0 Å². The lowest BCUT2D eigenvalue weighted by atomic mass is 10.0. The minimum Gasteiger partial charge on any atom is -0.349 e. The van der Waals surface area contributed by atoms with Crippen molar-refractivity contribution in [3.05, 3.63) is 71.6 Å². The Hall–Kier alpha value is -3.20. The highest BCUT2D eigenvalue weighted by atomic mass is 19.4. The van der Waals surface area contributed by atoms with Crippen LogP contribution in [0.4, 0.5) is 13.2 Å². The average Bonchev–Trinajstić information content (AvgIpc) is 3.24. The number of nitrogens with one attached hydrogen (secondary N) is 1. The molecular weight excluding hydrogens is 409 g/mol. The van der Waals surface area contributed by atoms with Crippen molar-refractivity contribution >= 4 is 5.91 Å². The first-order valence-electron chi connectivity index (χ1n) is 9.97. The van der Waals surface area contributed by atoms with Gasteiger partial charge in [-0.15, -0.1) is 0 Å². The van der Waals surface area contributed by atoms with E-state index in [0.29, 0.717) is 23.6 Å². The number of rotatable bonds is 5. The predicted octanol–water partition coefficient (Wildman–Crippen LogP) is 4.15. The number of amides is 1. The van der Waals surface area contributed by atoms with E-state index < -0.39 is 11.7 Å². The van der Waals surface area contributed by atoms with Gasteiger partial charge in [0, 0.05) is 30.3 Å². The van der Waals surface area contributed by atoms with E-state index in [-0.39, 0.29) is 17.8 Å². The zero-order valence-electron chi connectivity index (χ0n) is 16.6. The summed E-state index contributed by atoms with van der Waals surface area (Å²) in [5.41, 5.74) is 0.388. The molecule has 0 saturated carbocycles. The number of nitrogens with zero attached hydrogens (tertiary/aromatic N) is 3. The molecule has 2 heterocycles. The first kappa shape index (κ1) is 21.0. The Bertz CT molecular complexity index is 1010. The predicted molar refractivity (Wildman–Crippen MR) is 107 cm³/mol. The van der Waals surface area contributed by atoms with Gasteiger partial charge in [0.25, 0.3) is 5.91 Å². The second kappa shape index (κ2) is 8.89. The van der Waals surface area contributed by atoms with E-state index in [0.717, 1.165) is 38.1 Å². The Morgan fingerprint density at radius 1 is 1.06 bits per heavy atom. The summed E-state index contributed by atoms with van der Waals surface area (Å²) >= 11 is 0. The summed E-state index contributed by atoms with van der Waals surface area (Å²) in [7, 11) is 0. The van der Waals surface area contributed by atoms with Crippen molar-refractivity contribution in [1.29, 1.82) is 0 Å². The number of carbonyl (C=O) groups is 1. The number of alkyl halides is 3. The molecule has 0 bridgehead atoms. The fraction of sp³-hybridized carbons (Fsp3) is 0.318. The van der Waals surface area contributed by atoms with Crippen LogP contribution in [0.25, 0.3) is 11.4 Å². The molecule has 1 N–H and O–H groups in total. The third kappa shape index (κ3) is 5.29. The van der Waals surface area contributed by atoms with Gasteiger partial charge in [-0.2, -0.15) is 18.2 Å². The van der Waals surface area contributed by atoms with Crippen LogP contribution in [-0.4, -0.2) is 40.1 Å². The van der Waals surface area contributed by atoms with Crippen molar-refractivity contribution in [2.45, 2.75) is 31.6 Å². The Morgan fingerprint density at radius 2 is 1.74 bits per heavy atom. The molecule has 0 spiro atoms. The van der Waals surface area contributed by atoms with Crippen molar-refractivity contribution in [2.75, 3.05) is 13.1 Å². The van der Waals surface area contributed by atoms with Crippen molar-refractivity contribution < 1.29 is 22.5 Å². The van der Waals surface area contributed by atoms with Crippen LogP contribution in [0, 0.1) is 0 Å². The van der Waals surface area contributed by atoms with E-state index in [1.54, 1.807) is 12.1 Å². The van der Waals surface area contributed by atoms with Crippen molar-refractivity contribution in [3.63, 3.8) is 0 Å². The van der Waals surface area contributed by atoms with E-state index in [9.17, 15) is 18.0 Å². The van der Waals surface area contributed by atoms with Crippen LogP contribution in [0.3, 0.4) is 0 Å². The lowest BCUT2D eigenvalue weighted by molar-refractivity contribution is -0.137. The number of carbonyl (C=O) groups excluding carboxylic acids is 1. The van der Waals surface area contributed by atoms with E-state index in [4.69, 9.17) is 4.52 Å². The Balaban J connectivity index is 1.28. The van der Waals surface area contributed by atoms with Gasteiger partial charge in [-0.25, -0.2) is 0 Å². The summed E-state index contributed by atoms with van der Waals surface area (Å²) in [6.45, 7) is 1.97. The molecular formula is C22H21F3N4O2. The molecule has 162 valence electrons. The maximum atomic E-state index is 12.7. The van der Waals surface area contributed by atoms with Crippen LogP contribution in [0.15, 0.2) is 59.1 Å². The van der Waals surface area contributed by atoms with Gasteiger partial charge in [0.15, 0.2) is 0 Å². The summed E-state index contributed by atoms with van der Waals surface area (Å²) in [4.78, 5) is 18.7. The number of piperidine rings is 1. The molecule has 0 unspecified atom stereocenters. The highest BCUT2D eigenvalue weighted by Gasteiger charge is 2.30. The molecule has 31 heavy (non-hydrogen) atoms. The second-order valence-electron chi connectivity index (χ2n) is 7.48. The van der Waals surface area contributed by atoms with Crippen LogP contribution in [-0.2, 0) is 12.7 Å². The van der Waals surface area contributed by atoms with Gasteiger partial charge in [0.2, 0.25) is 11.7 Å². The lowest BCUT2D eigenvalue weighted by Gasteiger charge is -2.31. The summed E-state index contributed by atoms with van der Waals surface area (Å²) in [5.74, 6) is 0.590. The third-order valence-corrected chi connectivity index (χ3v) is 5.26. The van der Waals surface area contributed by atoms with Crippen molar-refractivity contribution in [2.24, 2.45) is 0 Å². The molecule has 1 fully saturated rings. The fourth-order valence-electron chi connectivity index (χ4n) is 3.53. The minimum absolute atomic E-state index is 0.0721. The topological polar surface area (TPSA) is 71.3 Å². The number of likely N-dealkylation sites (tertiary alicyclic amines) is 1. The van der Waals surface area contributed by atoms with E-state index in [1.165, 1.54) is 12.1 Å². The number of halogens is 3. The lowest BCUT2D eigenvalue weighted by Crippen LogP contribution is -2.44. The molecule has 6 nitrogen and oxygen atoms in total. The summed E-state index contributed by atoms with van der Waals surface area (Å²) in [5, 5.41) is 6.94. The van der Waals surface area contributed by atoms with Gasteiger partial charge in [-0.1, -0.05) is 35.5 Å². The van der Waals surface area contributed by atoms with E-state index in [2.05, 4.69) is 20.4 Å². The molecule has 9 heteroatoms. The third-order valence-electron chi connectivity index (χ3n) is 5.26. The van der Waals surface area contributed by atoms with Crippen LogP contribution < -0.4 is 5.32 Å². The number of hydrogen-bond acceptors (Lipinski definition) is 5.